The lowest BCUT2D eigenvalue weighted by Crippen LogP contribution is -2.11. The fraction of sp³-hybridized carbons (Fsp3) is 0.118. The first-order valence-electron chi connectivity index (χ1n) is 6.72. The third-order valence-electron chi connectivity index (χ3n) is 3.45. The minimum Gasteiger partial charge on any atom is -0.321 e. The molecule has 0 saturated heterocycles. The Morgan fingerprint density at radius 1 is 1.14 bits per heavy atom. The van der Waals surface area contributed by atoms with Crippen LogP contribution >= 0.6 is 34.5 Å². The van der Waals surface area contributed by atoms with E-state index in [1.165, 1.54) is 11.3 Å². The average molecular weight is 350 g/mol. The lowest BCUT2D eigenvalue weighted by Gasteiger charge is -2.08. The van der Waals surface area contributed by atoms with E-state index in [9.17, 15) is 4.79 Å². The van der Waals surface area contributed by atoms with Gasteiger partial charge in [0.15, 0.2) is 0 Å². The number of thiophene rings is 1. The number of benzene rings is 2. The van der Waals surface area contributed by atoms with E-state index < -0.39 is 0 Å². The normalized spacial score (nSPS) is 10.9. The Labute approximate surface area is 142 Å². The van der Waals surface area contributed by atoms with Gasteiger partial charge in [-0.15, -0.1) is 11.3 Å². The number of hydrogen-bond donors (Lipinski definition) is 1. The molecule has 2 nitrogen and oxygen atoms in total. The second-order valence-corrected chi connectivity index (χ2v) is 6.97. The molecule has 3 aromatic rings. The highest BCUT2D eigenvalue weighted by Crippen LogP contribution is 2.39. The molecule has 0 aliphatic heterocycles. The van der Waals surface area contributed by atoms with Gasteiger partial charge in [-0.3, -0.25) is 4.79 Å². The predicted octanol–water partition coefficient (Wildman–Crippen LogP) is 6.08. The summed E-state index contributed by atoms with van der Waals surface area (Å²) in [5.74, 6) is -0.212. The van der Waals surface area contributed by atoms with Crippen LogP contribution in [-0.4, -0.2) is 5.91 Å². The van der Waals surface area contributed by atoms with Crippen LogP contribution in [0.15, 0.2) is 36.4 Å². The predicted molar refractivity (Wildman–Crippen MR) is 95.7 cm³/mol. The molecule has 0 spiro atoms. The van der Waals surface area contributed by atoms with Gasteiger partial charge in [0, 0.05) is 15.8 Å². The molecule has 5 heteroatoms. The van der Waals surface area contributed by atoms with Gasteiger partial charge in [-0.2, -0.15) is 0 Å². The molecule has 0 aliphatic carbocycles. The van der Waals surface area contributed by atoms with Crippen LogP contribution < -0.4 is 5.32 Å². The molecule has 112 valence electrons. The number of hydrogen-bond acceptors (Lipinski definition) is 2. The molecule has 0 radical (unpaired) electrons. The van der Waals surface area contributed by atoms with Crippen molar-refractivity contribution >= 4 is 56.2 Å². The summed E-state index contributed by atoms with van der Waals surface area (Å²) in [6, 6.07) is 11.5. The van der Waals surface area contributed by atoms with Crippen molar-refractivity contribution in [1.82, 2.24) is 0 Å². The molecule has 1 heterocycles. The number of halogens is 2. The molecule has 0 fully saturated rings. The van der Waals surface area contributed by atoms with Crippen molar-refractivity contribution in [3.05, 3.63) is 62.4 Å². The Bertz CT molecular complexity index is 886. The minimum absolute atomic E-state index is 0.212. The van der Waals surface area contributed by atoms with Crippen LogP contribution in [0.1, 0.15) is 20.8 Å². The van der Waals surface area contributed by atoms with Crippen molar-refractivity contribution < 1.29 is 4.79 Å². The summed E-state index contributed by atoms with van der Waals surface area (Å²) in [4.78, 5) is 13.0. The summed E-state index contributed by atoms with van der Waals surface area (Å²) in [6.45, 7) is 3.94. The molecule has 0 unspecified atom stereocenters. The zero-order valence-electron chi connectivity index (χ0n) is 12.0. The Kier molecular flexibility index (Phi) is 4.13. The smallest absolute Gasteiger partial charge is 0.267 e. The van der Waals surface area contributed by atoms with E-state index in [4.69, 9.17) is 23.2 Å². The first-order valence-corrected chi connectivity index (χ1v) is 8.29. The maximum atomic E-state index is 12.6. The molecule has 0 bridgehead atoms. The van der Waals surface area contributed by atoms with Crippen LogP contribution in [0.5, 0.6) is 0 Å². The number of fused-ring (bicyclic) bond motifs is 1. The molecule has 1 N–H and O–H groups in total. The van der Waals surface area contributed by atoms with Gasteiger partial charge in [-0.05, 0) is 43.2 Å². The number of aryl methyl sites for hydroxylation is 2. The van der Waals surface area contributed by atoms with Crippen molar-refractivity contribution in [2.75, 3.05) is 5.32 Å². The average Bonchev–Trinajstić information content (AvgIpc) is 2.81. The van der Waals surface area contributed by atoms with Gasteiger partial charge in [0.05, 0.1) is 10.0 Å². The number of carbonyl (C=O) groups excluding carboxylic acids is 1. The highest BCUT2D eigenvalue weighted by Gasteiger charge is 2.19. The molecule has 3 rings (SSSR count). The summed E-state index contributed by atoms with van der Waals surface area (Å²) in [5.41, 5.74) is 2.89. The van der Waals surface area contributed by atoms with Gasteiger partial charge >= 0.3 is 0 Å². The van der Waals surface area contributed by atoms with Gasteiger partial charge < -0.3 is 5.32 Å². The molecular weight excluding hydrogens is 337 g/mol. The molecule has 0 atom stereocenters. The van der Waals surface area contributed by atoms with Crippen LogP contribution in [0.4, 0.5) is 5.69 Å². The number of amides is 1. The zero-order chi connectivity index (χ0) is 15.9. The SMILES string of the molecule is Cc1ccc(C)c(NC(=O)c2sc3cccc(Cl)c3c2Cl)c1. The van der Waals surface area contributed by atoms with Gasteiger partial charge in [0.2, 0.25) is 0 Å². The van der Waals surface area contributed by atoms with Gasteiger partial charge in [-0.25, -0.2) is 0 Å². The first kappa shape index (κ1) is 15.3. The molecule has 1 amide bonds. The number of nitrogens with one attached hydrogen (secondary N) is 1. The van der Waals surface area contributed by atoms with Crippen LogP contribution in [0.3, 0.4) is 0 Å². The highest BCUT2D eigenvalue weighted by molar-refractivity contribution is 7.21. The van der Waals surface area contributed by atoms with Crippen LogP contribution in [0.25, 0.3) is 10.1 Å². The number of anilines is 1. The third-order valence-corrected chi connectivity index (χ3v) is 5.41. The Morgan fingerprint density at radius 3 is 2.64 bits per heavy atom. The van der Waals surface area contributed by atoms with Crippen molar-refractivity contribution in [3.63, 3.8) is 0 Å². The van der Waals surface area contributed by atoms with E-state index in [0.717, 1.165) is 26.9 Å². The van der Waals surface area contributed by atoms with E-state index in [2.05, 4.69) is 5.32 Å². The summed E-state index contributed by atoms with van der Waals surface area (Å²) >= 11 is 13.9. The molecular formula is C17H13Cl2NOS. The first-order chi connectivity index (χ1) is 10.5. The van der Waals surface area contributed by atoms with E-state index in [-0.39, 0.29) is 5.91 Å². The fourth-order valence-electron chi connectivity index (χ4n) is 2.27. The molecule has 0 aliphatic rings. The van der Waals surface area contributed by atoms with E-state index in [0.29, 0.717) is 14.9 Å². The monoisotopic (exact) mass is 349 g/mol. The van der Waals surface area contributed by atoms with Crippen molar-refractivity contribution in [1.29, 1.82) is 0 Å². The number of rotatable bonds is 2. The lowest BCUT2D eigenvalue weighted by atomic mass is 10.1. The Balaban J connectivity index is 2.01. The number of carbonyl (C=O) groups is 1. The Morgan fingerprint density at radius 2 is 1.91 bits per heavy atom. The third kappa shape index (κ3) is 2.72. The minimum atomic E-state index is -0.212. The molecule has 1 aromatic heterocycles. The maximum absolute atomic E-state index is 12.6. The largest absolute Gasteiger partial charge is 0.321 e. The second kappa shape index (κ2) is 5.92. The van der Waals surface area contributed by atoms with Gasteiger partial charge in [0.1, 0.15) is 4.88 Å². The lowest BCUT2D eigenvalue weighted by molar-refractivity contribution is 0.103. The highest BCUT2D eigenvalue weighted by atomic mass is 35.5. The van der Waals surface area contributed by atoms with Crippen LogP contribution in [-0.2, 0) is 0 Å². The maximum Gasteiger partial charge on any atom is 0.267 e. The quantitative estimate of drug-likeness (QED) is 0.596. The van der Waals surface area contributed by atoms with E-state index in [1.807, 2.05) is 44.2 Å². The van der Waals surface area contributed by atoms with Gasteiger partial charge in [0.25, 0.3) is 5.91 Å². The van der Waals surface area contributed by atoms with Crippen molar-refractivity contribution in [3.8, 4) is 0 Å². The summed E-state index contributed by atoms with van der Waals surface area (Å²) < 4.78 is 0.906. The van der Waals surface area contributed by atoms with E-state index in [1.54, 1.807) is 6.07 Å². The molecule has 22 heavy (non-hydrogen) atoms. The van der Waals surface area contributed by atoms with Crippen molar-refractivity contribution in [2.24, 2.45) is 0 Å². The summed E-state index contributed by atoms with van der Waals surface area (Å²) in [7, 11) is 0. The second-order valence-electron chi connectivity index (χ2n) is 5.13. The topological polar surface area (TPSA) is 29.1 Å². The summed E-state index contributed by atoms with van der Waals surface area (Å²) in [5, 5.41) is 4.64. The van der Waals surface area contributed by atoms with E-state index >= 15 is 0 Å². The molecule has 0 saturated carbocycles. The van der Waals surface area contributed by atoms with Crippen molar-refractivity contribution in [2.45, 2.75) is 13.8 Å². The molecule has 2 aromatic carbocycles. The Hall–Kier alpha value is -1.55. The standard InChI is InChI=1S/C17H13Cl2NOS/c1-9-6-7-10(2)12(8-9)20-17(21)16-15(19)14-11(18)4-3-5-13(14)22-16/h3-8H,1-2H3,(H,20,21). The van der Waals surface area contributed by atoms with Crippen LogP contribution in [0.2, 0.25) is 10.0 Å². The van der Waals surface area contributed by atoms with Gasteiger partial charge in [-0.1, -0.05) is 41.4 Å². The zero-order valence-corrected chi connectivity index (χ0v) is 14.4. The summed E-state index contributed by atoms with van der Waals surface area (Å²) in [6.07, 6.45) is 0. The fourth-order valence-corrected chi connectivity index (χ4v) is 4.12. The van der Waals surface area contributed by atoms with Crippen LogP contribution in [0, 0.1) is 13.8 Å².